The summed E-state index contributed by atoms with van der Waals surface area (Å²) in [6.07, 6.45) is 6.60. The van der Waals surface area contributed by atoms with Crippen LogP contribution >= 0.6 is 11.8 Å². The van der Waals surface area contributed by atoms with Gasteiger partial charge in [0, 0.05) is 23.9 Å². The molecule has 12 heteroatoms. The number of carboxylic acids is 1. The van der Waals surface area contributed by atoms with Gasteiger partial charge in [-0.2, -0.15) is 17.0 Å². The van der Waals surface area contributed by atoms with E-state index in [1.165, 1.54) is 29.1 Å². The Morgan fingerprint density at radius 3 is 2.64 bits per heavy atom. The van der Waals surface area contributed by atoms with E-state index in [4.69, 9.17) is 11.0 Å². The highest BCUT2D eigenvalue weighted by Crippen LogP contribution is 2.40. The molecule has 2 aromatic carbocycles. The number of benzene rings is 2. The van der Waals surface area contributed by atoms with Crippen LogP contribution in [0.3, 0.4) is 0 Å². The molecule has 4 N–H and O–H groups in total. The van der Waals surface area contributed by atoms with Gasteiger partial charge in [0.15, 0.2) is 5.65 Å². The smallest absolute Gasteiger partial charge is 0.351 e. The first kappa shape index (κ1) is 25.7. The van der Waals surface area contributed by atoms with E-state index in [9.17, 15) is 19.5 Å². The predicted octanol–water partition coefficient (Wildman–Crippen LogP) is 2.90. The number of imidazole rings is 1. The first-order valence-corrected chi connectivity index (χ1v) is 13.3. The molecule has 5 rings (SSSR count). The van der Waals surface area contributed by atoms with Gasteiger partial charge >= 0.3 is 5.97 Å². The lowest BCUT2D eigenvalue weighted by Crippen LogP contribution is -2.62. The number of fused-ring (bicyclic) bond motifs is 2. The van der Waals surface area contributed by atoms with Crippen LogP contribution in [0.2, 0.25) is 0 Å². The Kier molecular flexibility index (Phi) is 6.67. The summed E-state index contributed by atoms with van der Waals surface area (Å²) >= 11 is 1.48. The zero-order chi connectivity index (χ0) is 27.7. The molecular weight excluding hydrogens is 518 g/mol. The van der Waals surface area contributed by atoms with E-state index in [-0.39, 0.29) is 24.4 Å². The Balaban J connectivity index is 1.58. The number of carbonyl (C=O) groups is 3. The Morgan fingerprint density at radius 1 is 1.21 bits per heavy atom. The van der Waals surface area contributed by atoms with Gasteiger partial charge in [-0.25, -0.2) is 14.8 Å². The molecule has 0 saturated carbocycles. The van der Waals surface area contributed by atoms with E-state index in [1.54, 1.807) is 47.0 Å². The lowest BCUT2D eigenvalue weighted by molar-refractivity contribution is -0.144. The van der Waals surface area contributed by atoms with Gasteiger partial charge in [-0.05, 0) is 54.0 Å². The third-order valence-corrected chi connectivity index (χ3v) is 7.24. The van der Waals surface area contributed by atoms with Crippen LogP contribution in [0.25, 0.3) is 16.9 Å². The molecule has 0 aliphatic carbocycles. The van der Waals surface area contributed by atoms with Gasteiger partial charge in [-0.15, -0.1) is 0 Å². The van der Waals surface area contributed by atoms with E-state index in [2.05, 4.69) is 15.3 Å². The normalized spacial score (nSPS) is 14.1. The topological polar surface area (TPSA) is 167 Å². The summed E-state index contributed by atoms with van der Waals surface area (Å²) in [5, 5.41) is 22.7. The molecule has 1 atom stereocenters. The number of carbonyl (C=O) groups excluding carboxylic acids is 2. The van der Waals surface area contributed by atoms with Crippen LogP contribution in [0.4, 0.5) is 11.4 Å². The number of nitriles is 1. The molecule has 0 spiro atoms. The number of carboxylic acid groups (broad SMARTS) is 1. The zero-order valence-corrected chi connectivity index (χ0v) is 21.6. The van der Waals surface area contributed by atoms with E-state index >= 15 is 0 Å². The summed E-state index contributed by atoms with van der Waals surface area (Å²) in [6.45, 7) is 0. The second-order valence-corrected chi connectivity index (χ2v) is 9.97. The van der Waals surface area contributed by atoms with Crippen LogP contribution in [0.1, 0.15) is 28.0 Å². The molecule has 0 radical (unpaired) electrons. The van der Waals surface area contributed by atoms with Crippen molar-refractivity contribution in [2.75, 3.05) is 22.2 Å². The number of nitrogens with two attached hydrogens (primary N) is 1. The second-order valence-electron chi connectivity index (χ2n) is 8.98. The number of hydrogen-bond donors (Lipinski definition) is 3. The van der Waals surface area contributed by atoms with E-state index in [0.29, 0.717) is 39.6 Å². The molecule has 2 amide bonds. The number of aromatic nitrogens is 3. The minimum Gasteiger partial charge on any atom is -0.478 e. The first-order chi connectivity index (χ1) is 18.8. The number of aliphatic carboxylic acids is 1. The highest BCUT2D eigenvalue weighted by atomic mass is 32.2. The summed E-state index contributed by atoms with van der Waals surface area (Å²) in [5.74, 6) is -1.74. The van der Waals surface area contributed by atoms with Gasteiger partial charge in [-0.3, -0.25) is 18.9 Å². The molecule has 1 unspecified atom stereocenters. The average molecular weight is 542 g/mol. The van der Waals surface area contributed by atoms with Gasteiger partial charge in [-0.1, -0.05) is 6.07 Å². The molecule has 11 nitrogen and oxygen atoms in total. The maximum Gasteiger partial charge on any atom is 0.351 e. The number of nitrogens with one attached hydrogen (secondary N) is 1. The number of hydrogen-bond acceptors (Lipinski definition) is 8. The summed E-state index contributed by atoms with van der Waals surface area (Å²) in [7, 11) is 0. The molecular formula is C27H23N7O4S. The molecule has 196 valence electrons. The van der Waals surface area contributed by atoms with Crippen molar-refractivity contribution in [1.82, 2.24) is 14.4 Å². The Labute approximate surface area is 227 Å². The van der Waals surface area contributed by atoms with Gasteiger partial charge in [0.2, 0.25) is 11.6 Å². The van der Waals surface area contributed by atoms with Crippen LogP contribution in [0, 0.1) is 11.3 Å². The Hall–Kier alpha value is -4.89. The van der Waals surface area contributed by atoms with Crippen molar-refractivity contribution >= 4 is 46.6 Å². The van der Waals surface area contributed by atoms with E-state index < -0.39 is 17.5 Å². The monoisotopic (exact) mass is 541 g/mol. The van der Waals surface area contributed by atoms with Gasteiger partial charge < -0.3 is 16.2 Å². The number of nitrogens with zero attached hydrogens (tertiary/aromatic N) is 5. The molecule has 3 heterocycles. The maximum atomic E-state index is 13.5. The van der Waals surface area contributed by atoms with Crippen LogP contribution in [0.15, 0.2) is 61.1 Å². The van der Waals surface area contributed by atoms with E-state index in [0.717, 1.165) is 5.56 Å². The van der Waals surface area contributed by atoms with Crippen LogP contribution in [-0.4, -0.2) is 54.9 Å². The van der Waals surface area contributed by atoms with Crippen molar-refractivity contribution < 1.29 is 19.5 Å². The molecule has 39 heavy (non-hydrogen) atoms. The fourth-order valence-corrected chi connectivity index (χ4v) is 5.23. The largest absolute Gasteiger partial charge is 0.478 e. The van der Waals surface area contributed by atoms with Crippen LogP contribution < -0.4 is 16.0 Å². The minimum atomic E-state index is -1.76. The van der Waals surface area contributed by atoms with Crippen LogP contribution in [-0.2, 0) is 16.0 Å². The Morgan fingerprint density at radius 2 is 1.97 bits per heavy atom. The number of anilines is 2. The number of primary amides is 1. The summed E-state index contributed by atoms with van der Waals surface area (Å²) in [5.41, 5.74) is 7.67. The molecule has 1 aliphatic heterocycles. The van der Waals surface area contributed by atoms with E-state index in [1.807, 2.05) is 18.4 Å². The molecule has 0 bridgehead atoms. The third kappa shape index (κ3) is 4.53. The first-order valence-electron chi connectivity index (χ1n) is 11.9. The SMILES string of the molecule is CSCCC(Nc1ccc(C#N)cc1)(C(=O)O)N1C(=O)Cc2cc(-c3cnc4cnc(C(N)=O)cn34)ccc21. The van der Waals surface area contributed by atoms with Gasteiger partial charge in [0.05, 0.1) is 41.8 Å². The number of rotatable bonds is 9. The summed E-state index contributed by atoms with van der Waals surface area (Å²) < 4.78 is 1.69. The number of thioether (sulfide) groups is 1. The maximum absolute atomic E-state index is 13.5. The summed E-state index contributed by atoms with van der Waals surface area (Å²) in [4.78, 5) is 47.7. The van der Waals surface area contributed by atoms with Crippen molar-refractivity contribution in [2.24, 2.45) is 5.73 Å². The standard InChI is InChI=1S/C27H23N7O4S/c1-39-9-8-27(26(37)38,32-19-5-2-16(12-28)3-6-19)34-21-7-4-17(10-18(21)11-24(34)35)22-13-31-23-14-30-20(25(29)36)15-33(22)23/h2-7,10,13-15,32H,8-9,11H2,1H3,(H2,29,36)(H,37,38). The highest BCUT2D eigenvalue weighted by Gasteiger charge is 2.50. The quantitative estimate of drug-likeness (QED) is 0.289. The highest BCUT2D eigenvalue weighted by molar-refractivity contribution is 7.98. The molecule has 1 aliphatic rings. The molecule has 4 aromatic rings. The number of amides is 2. The van der Waals surface area contributed by atoms with Crippen molar-refractivity contribution in [3.8, 4) is 17.3 Å². The fraction of sp³-hybridized carbons (Fsp3) is 0.185. The van der Waals surface area contributed by atoms with Crippen molar-refractivity contribution in [2.45, 2.75) is 18.5 Å². The lowest BCUT2D eigenvalue weighted by Gasteiger charge is -2.40. The molecule has 0 saturated heterocycles. The average Bonchev–Trinajstić information content (AvgIpc) is 3.50. The third-order valence-electron chi connectivity index (χ3n) is 6.62. The summed E-state index contributed by atoms with van der Waals surface area (Å²) in [6, 6.07) is 13.8. The lowest BCUT2D eigenvalue weighted by atomic mass is 10.0. The van der Waals surface area contributed by atoms with Crippen molar-refractivity contribution in [1.29, 1.82) is 5.26 Å². The van der Waals surface area contributed by atoms with Crippen molar-refractivity contribution in [3.05, 3.63) is 77.9 Å². The minimum absolute atomic E-state index is 0.0113. The second kappa shape index (κ2) is 10.1. The molecule has 2 aromatic heterocycles. The fourth-order valence-electron chi connectivity index (χ4n) is 4.73. The van der Waals surface area contributed by atoms with Gasteiger partial charge in [0.1, 0.15) is 5.69 Å². The van der Waals surface area contributed by atoms with Crippen molar-refractivity contribution in [3.63, 3.8) is 0 Å². The molecule has 0 fully saturated rings. The van der Waals surface area contributed by atoms with Crippen LogP contribution in [0.5, 0.6) is 0 Å². The predicted molar refractivity (Wildman–Crippen MR) is 146 cm³/mol. The van der Waals surface area contributed by atoms with Gasteiger partial charge in [0.25, 0.3) is 5.91 Å². The zero-order valence-electron chi connectivity index (χ0n) is 20.8. The Bertz CT molecular complexity index is 1660.